The summed E-state index contributed by atoms with van der Waals surface area (Å²) in [6.45, 7) is 4.09. The SMILES string of the molecule is Cc1cc(C)cc(-n2ccnc2SCC(=O)NC2CCS(=O)(=O)C2)c1. The maximum absolute atomic E-state index is 12.1. The number of sulfone groups is 1. The van der Waals surface area contributed by atoms with Crippen LogP contribution in [-0.2, 0) is 14.6 Å². The summed E-state index contributed by atoms with van der Waals surface area (Å²) in [7, 11) is -2.99. The Kier molecular flexibility index (Phi) is 5.19. The molecule has 8 heteroatoms. The molecule has 134 valence electrons. The van der Waals surface area contributed by atoms with Crippen molar-refractivity contribution in [3.8, 4) is 5.69 Å². The number of hydrogen-bond donors (Lipinski definition) is 1. The van der Waals surface area contributed by atoms with Gasteiger partial charge in [0.2, 0.25) is 5.91 Å². The van der Waals surface area contributed by atoms with Gasteiger partial charge in [-0.05, 0) is 43.5 Å². The molecule has 1 aliphatic heterocycles. The summed E-state index contributed by atoms with van der Waals surface area (Å²) in [4.78, 5) is 16.4. The molecular formula is C17H21N3O3S2. The van der Waals surface area contributed by atoms with Crippen molar-refractivity contribution >= 4 is 27.5 Å². The molecule has 1 aliphatic rings. The van der Waals surface area contributed by atoms with Crippen molar-refractivity contribution in [1.29, 1.82) is 0 Å². The summed E-state index contributed by atoms with van der Waals surface area (Å²) in [5.74, 6) is 0.239. The summed E-state index contributed by atoms with van der Waals surface area (Å²) < 4.78 is 24.9. The number of benzene rings is 1. The Balaban J connectivity index is 1.63. The molecule has 0 spiro atoms. The number of nitrogens with zero attached hydrogens (tertiary/aromatic N) is 2. The smallest absolute Gasteiger partial charge is 0.230 e. The monoisotopic (exact) mass is 379 g/mol. The van der Waals surface area contributed by atoms with Crippen LogP contribution in [0.25, 0.3) is 5.69 Å². The van der Waals surface area contributed by atoms with E-state index in [2.05, 4.69) is 28.5 Å². The molecule has 3 rings (SSSR count). The van der Waals surface area contributed by atoms with E-state index in [0.29, 0.717) is 6.42 Å². The molecule has 1 amide bonds. The molecule has 0 aliphatic carbocycles. The standard InChI is InChI=1S/C17H21N3O3S2/c1-12-7-13(2)9-15(8-12)20-5-4-18-17(20)24-10-16(21)19-14-3-6-25(22,23)11-14/h4-5,7-9,14H,3,6,10-11H2,1-2H3,(H,19,21). The van der Waals surface area contributed by atoms with Gasteiger partial charge >= 0.3 is 0 Å². The van der Waals surface area contributed by atoms with Crippen molar-refractivity contribution < 1.29 is 13.2 Å². The van der Waals surface area contributed by atoms with E-state index in [9.17, 15) is 13.2 Å². The molecule has 6 nitrogen and oxygen atoms in total. The van der Waals surface area contributed by atoms with Gasteiger partial charge in [-0.3, -0.25) is 9.36 Å². The van der Waals surface area contributed by atoms with Gasteiger partial charge in [0.05, 0.1) is 17.3 Å². The lowest BCUT2D eigenvalue weighted by molar-refractivity contribution is -0.119. The van der Waals surface area contributed by atoms with Gasteiger partial charge in [-0.2, -0.15) is 0 Å². The van der Waals surface area contributed by atoms with Crippen LogP contribution in [-0.4, -0.2) is 47.2 Å². The molecule has 0 saturated carbocycles. The highest BCUT2D eigenvalue weighted by atomic mass is 32.2. The maximum Gasteiger partial charge on any atom is 0.230 e. The van der Waals surface area contributed by atoms with E-state index in [4.69, 9.17) is 0 Å². The average Bonchev–Trinajstić information content (AvgIpc) is 3.10. The Morgan fingerprint density at radius 3 is 2.68 bits per heavy atom. The van der Waals surface area contributed by atoms with E-state index in [-0.39, 0.29) is 29.2 Å². The van der Waals surface area contributed by atoms with Crippen LogP contribution in [0.3, 0.4) is 0 Å². The van der Waals surface area contributed by atoms with Crippen LogP contribution >= 0.6 is 11.8 Å². The summed E-state index contributed by atoms with van der Waals surface area (Å²) in [5, 5.41) is 3.53. The molecule has 1 aromatic carbocycles. The van der Waals surface area contributed by atoms with E-state index in [1.54, 1.807) is 6.20 Å². The van der Waals surface area contributed by atoms with Gasteiger partial charge in [-0.25, -0.2) is 13.4 Å². The molecule has 1 aromatic heterocycles. The largest absolute Gasteiger partial charge is 0.352 e. The van der Waals surface area contributed by atoms with Crippen LogP contribution in [0.2, 0.25) is 0 Å². The average molecular weight is 380 g/mol. The van der Waals surface area contributed by atoms with E-state index < -0.39 is 9.84 Å². The van der Waals surface area contributed by atoms with Crippen LogP contribution < -0.4 is 5.32 Å². The first kappa shape index (κ1) is 18.0. The van der Waals surface area contributed by atoms with Crippen LogP contribution in [0.4, 0.5) is 0 Å². The highest BCUT2D eigenvalue weighted by Crippen LogP contribution is 2.22. The molecule has 1 N–H and O–H groups in total. The van der Waals surface area contributed by atoms with E-state index in [1.807, 2.05) is 24.6 Å². The third-order valence-corrected chi connectivity index (χ3v) is 6.76. The fraction of sp³-hybridized carbons (Fsp3) is 0.412. The second kappa shape index (κ2) is 7.21. The highest BCUT2D eigenvalue weighted by molar-refractivity contribution is 7.99. The minimum Gasteiger partial charge on any atom is -0.352 e. The van der Waals surface area contributed by atoms with Gasteiger partial charge in [0.1, 0.15) is 0 Å². The summed E-state index contributed by atoms with van der Waals surface area (Å²) in [5.41, 5.74) is 3.35. The first-order chi connectivity index (χ1) is 11.8. The van der Waals surface area contributed by atoms with Crippen molar-refractivity contribution in [2.75, 3.05) is 17.3 Å². The van der Waals surface area contributed by atoms with Crippen LogP contribution in [0.5, 0.6) is 0 Å². The van der Waals surface area contributed by atoms with Crippen molar-refractivity contribution in [3.05, 3.63) is 41.7 Å². The maximum atomic E-state index is 12.1. The lowest BCUT2D eigenvalue weighted by Crippen LogP contribution is -2.36. The highest BCUT2D eigenvalue weighted by Gasteiger charge is 2.28. The predicted octanol–water partition coefficient (Wildman–Crippen LogP) is 1.88. The topological polar surface area (TPSA) is 81.1 Å². The second-order valence-corrected chi connectivity index (χ2v) is 9.55. The molecule has 1 unspecified atom stereocenters. The fourth-order valence-electron chi connectivity index (χ4n) is 2.99. The Morgan fingerprint density at radius 2 is 2.04 bits per heavy atom. The van der Waals surface area contributed by atoms with Crippen molar-refractivity contribution in [2.24, 2.45) is 0 Å². The number of hydrogen-bond acceptors (Lipinski definition) is 5. The number of imidazole rings is 1. The number of carbonyl (C=O) groups is 1. The molecule has 0 radical (unpaired) electrons. The first-order valence-electron chi connectivity index (χ1n) is 8.07. The van der Waals surface area contributed by atoms with Gasteiger partial charge in [0, 0.05) is 24.1 Å². The lowest BCUT2D eigenvalue weighted by atomic mass is 10.1. The number of aryl methyl sites for hydroxylation is 2. The number of thioether (sulfide) groups is 1. The zero-order valence-electron chi connectivity index (χ0n) is 14.2. The third kappa shape index (κ3) is 4.64. The summed E-state index contributed by atoms with van der Waals surface area (Å²) in [6.07, 6.45) is 4.08. The van der Waals surface area contributed by atoms with Crippen molar-refractivity contribution in [2.45, 2.75) is 31.5 Å². The lowest BCUT2D eigenvalue weighted by Gasteiger charge is -2.12. The van der Waals surface area contributed by atoms with E-state index in [1.165, 1.54) is 22.9 Å². The molecule has 1 atom stereocenters. The molecule has 0 bridgehead atoms. The first-order valence-corrected chi connectivity index (χ1v) is 10.9. The number of aromatic nitrogens is 2. The molecule has 2 aromatic rings. The van der Waals surface area contributed by atoms with Crippen LogP contribution in [0, 0.1) is 13.8 Å². The molecular weight excluding hydrogens is 358 g/mol. The van der Waals surface area contributed by atoms with E-state index >= 15 is 0 Å². The van der Waals surface area contributed by atoms with Crippen molar-refractivity contribution in [1.82, 2.24) is 14.9 Å². The minimum atomic E-state index is -2.99. The van der Waals surface area contributed by atoms with Crippen molar-refractivity contribution in [3.63, 3.8) is 0 Å². The predicted molar refractivity (Wildman–Crippen MR) is 99.0 cm³/mol. The molecule has 25 heavy (non-hydrogen) atoms. The second-order valence-electron chi connectivity index (χ2n) is 6.38. The van der Waals surface area contributed by atoms with E-state index in [0.717, 1.165) is 10.8 Å². The quantitative estimate of drug-likeness (QED) is 0.803. The number of carbonyl (C=O) groups excluding carboxylic acids is 1. The fourth-order valence-corrected chi connectivity index (χ4v) is 5.45. The van der Waals surface area contributed by atoms with Gasteiger partial charge < -0.3 is 5.32 Å². The number of rotatable bonds is 5. The summed E-state index contributed by atoms with van der Waals surface area (Å²) in [6, 6.07) is 5.98. The van der Waals surface area contributed by atoms with Gasteiger partial charge in [0.25, 0.3) is 0 Å². The van der Waals surface area contributed by atoms with Gasteiger partial charge in [-0.15, -0.1) is 0 Å². The Hall–Kier alpha value is -1.80. The zero-order valence-corrected chi connectivity index (χ0v) is 15.9. The Bertz CT molecular complexity index is 870. The normalized spacial score (nSPS) is 19.0. The number of nitrogens with one attached hydrogen (secondary N) is 1. The van der Waals surface area contributed by atoms with Crippen LogP contribution in [0.15, 0.2) is 35.7 Å². The summed E-state index contributed by atoms with van der Waals surface area (Å²) >= 11 is 1.34. The number of amides is 1. The Morgan fingerprint density at radius 1 is 1.32 bits per heavy atom. The third-order valence-electron chi connectivity index (χ3n) is 4.02. The zero-order chi connectivity index (χ0) is 18.0. The van der Waals surface area contributed by atoms with Gasteiger partial charge in [-0.1, -0.05) is 17.8 Å². The van der Waals surface area contributed by atoms with Gasteiger partial charge in [0.15, 0.2) is 15.0 Å². The van der Waals surface area contributed by atoms with Crippen LogP contribution in [0.1, 0.15) is 17.5 Å². The molecule has 1 fully saturated rings. The Labute approximate surface area is 152 Å². The molecule has 2 heterocycles. The minimum absolute atomic E-state index is 0.0423. The molecule has 1 saturated heterocycles.